The first kappa shape index (κ1) is 14.4. The van der Waals surface area contributed by atoms with Crippen molar-refractivity contribution in [3.63, 3.8) is 0 Å². The fourth-order valence-electron chi connectivity index (χ4n) is 4.19. The summed E-state index contributed by atoms with van der Waals surface area (Å²) in [6.07, 6.45) is 7.71. The van der Waals surface area contributed by atoms with Gasteiger partial charge in [0.2, 0.25) is 0 Å². The van der Waals surface area contributed by atoms with Gasteiger partial charge in [-0.25, -0.2) is 0 Å². The van der Waals surface area contributed by atoms with E-state index in [4.69, 9.17) is 23.7 Å². The number of ether oxygens (including phenoxy) is 5. The van der Waals surface area contributed by atoms with Gasteiger partial charge in [-0.15, -0.1) is 0 Å². The summed E-state index contributed by atoms with van der Waals surface area (Å²) in [6, 6.07) is 0. The Bertz CT molecular complexity index is 350. The van der Waals surface area contributed by atoms with E-state index in [2.05, 4.69) is 0 Å². The maximum atomic E-state index is 6.38. The molecular weight excluding hydrogens is 272 g/mol. The van der Waals surface area contributed by atoms with Crippen LogP contribution in [0.25, 0.3) is 0 Å². The quantitative estimate of drug-likeness (QED) is 0.780. The minimum Gasteiger partial charge on any atom is -0.378 e. The summed E-state index contributed by atoms with van der Waals surface area (Å²) in [4.78, 5) is 0. The fraction of sp³-hybridized carbons (Fsp3) is 1.00. The first-order valence-corrected chi connectivity index (χ1v) is 8.43. The molecule has 1 saturated carbocycles. The van der Waals surface area contributed by atoms with E-state index in [1.807, 2.05) is 0 Å². The lowest BCUT2D eigenvalue weighted by atomic mass is 9.89. The maximum Gasteiger partial charge on any atom is 0.168 e. The topological polar surface area (TPSA) is 46.2 Å². The molecule has 0 N–H and O–H groups in total. The molecule has 0 radical (unpaired) electrons. The summed E-state index contributed by atoms with van der Waals surface area (Å²) in [5.41, 5.74) is -0.0590. The Morgan fingerprint density at radius 2 is 1.57 bits per heavy atom. The van der Waals surface area contributed by atoms with Crippen molar-refractivity contribution in [2.24, 2.45) is 0 Å². The molecule has 1 aliphatic carbocycles. The van der Waals surface area contributed by atoms with Crippen LogP contribution < -0.4 is 0 Å². The summed E-state index contributed by atoms with van der Waals surface area (Å²) in [5.74, 6) is -0.282. The zero-order chi connectivity index (χ0) is 14.2. The molecule has 5 nitrogen and oxygen atoms in total. The van der Waals surface area contributed by atoms with Gasteiger partial charge in [0.25, 0.3) is 0 Å². The Morgan fingerprint density at radius 3 is 2.29 bits per heavy atom. The second kappa shape index (κ2) is 5.78. The first-order chi connectivity index (χ1) is 10.3. The van der Waals surface area contributed by atoms with Gasteiger partial charge in [0, 0.05) is 38.9 Å². The first-order valence-electron chi connectivity index (χ1n) is 8.43. The van der Waals surface area contributed by atoms with Crippen LogP contribution in [0.5, 0.6) is 0 Å². The molecule has 3 heterocycles. The Hall–Kier alpha value is -0.200. The average Bonchev–Trinajstić information content (AvgIpc) is 3.13. The molecule has 3 saturated heterocycles. The third-order valence-electron chi connectivity index (χ3n) is 5.41. The maximum absolute atomic E-state index is 6.38. The van der Waals surface area contributed by atoms with Crippen LogP contribution in [0.3, 0.4) is 0 Å². The summed E-state index contributed by atoms with van der Waals surface area (Å²) in [6.45, 7) is 3.86. The van der Waals surface area contributed by atoms with Crippen molar-refractivity contribution in [3.05, 3.63) is 0 Å². The Kier molecular flexibility index (Phi) is 3.96. The van der Waals surface area contributed by atoms with Gasteiger partial charge in [-0.05, 0) is 19.3 Å². The van der Waals surface area contributed by atoms with Gasteiger partial charge < -0.3 is 23.7 Å². The molecule has 4 fully saturated rings. The summed E-state index contributed by atoms with van der Waals surface area (Å²) in [7, 11) is 0. The van der Waals surface area contributed by atoms with Crippen molar-refractivity contribution in [1.82, 2.24) is 0 Å². The Balaban J connectivity index is 1.28. The van der Waals surface area contributed by atoms with Gasteiger partial charge in [-0.3, -0.25) is 0 Å². The SMILES string of the molecule is C1CC2(CO1)CC(OC1CCC3(CC1)OCCO3)CCO2. The molecule has 2 spiro atoms. The molecule has 0 aromatic rings. The smallest absolute Gasteiger partial charge is 0.168 e. The summed E-state index contributed by atoms with van der Waals surface area (Å²) >= 11 is 0. The number of rotatable bonds is 2. The second-order valence-electron chi connectivity index (χ2n) is 6.89. The highest BCUT2D eigenvalue weighted by molar-refractivity contribution is 4.92. The van der Waals surface area contributed by atoms with E-state index in [0.29, 0.717) is 12.2 Å². The van der Waals surface area contributed by atoms with Gasteiger partial charge in [-0.1, -0.05) is 0 Å². The molecule has 120 valence electrons. The largest absolute Gasteiger partial charge is 0.378 e. The molecule has 2 unspecified atom stereocenters. The van der Waals surface area contributed by atoms with E-state index in [9.17, 15) is 0 Å². The highest BCUT2D eigenvalue weighted by Gasteiger charge is 2.44. The lowest BCUT2D eigenvalue weighted by Gasteiger charge is -2.40. The van der Waals surface area contributed by atoms with Crippen molar-refractivity contribution < 1.29 is 23.7 Å². The molecular formula is C16H26O5. The van der Waals surface area contributed by atoms with E-state index in [1.54, 1.807) is 0 Å². The Morgan fingerprint density at radius 1 is 0.762 bits per heavy atom. The minimum atomic E-state index is -0.282. The van der Waals surface area contributed by atoms with Crippen molar-refractivity contribution in [2.45, 2.75) is 68.5 Å². The second-order valence-corrected chi connectivity index (χ2v) is 6.89. The molecule has 4 rings (SSSR count). The monoisotopic (exact) mass is 298 g/mol. The molecule has 2 atom stereocenters. The summed E-state index contributed by atoms with van der Waals surface area (Å²) < 4.78 is 29.4. The average molecular weight is 298 g/mol. The van der Waals surface area contributed by atoms with Crippen LogP contribution in [0.1, 0.15) is 44.9 Å². The van der Waals surface area contributed by atoms with E-state index in [-0.39, 0.29) is 11.4 Å². The van der Waals surface area contributed by atoms with Crippen molar-refractivity contribution in [3.8, 4) is 0 Å². The van der Waals surface area contributed by atoms with Crippen molar-refractivity contribution in [1.29, 1.82) is 0 Å². The predicted molar refractivity (Wildman–Crippen MR) is 75.1 cm³/mol. The fourth-order valence-corrected chi connectivity index (χ4v) is 4.19. The highest BCUT2D eigenvalue weighted by atomic mass is 16.7. The van der Waals surface area contributed by atoms with Gasteiger partial charge >= 0.3 is 0 Å². The van der Waals surface area contributed by atoms with E-state index in [1.165, 1.54) is 0 Å². The van der Waals surface area contributed by atoms with E-state index < -0.39 is 0 Å². The number of hydrogen-bond acceptors (Lipinski definition) is 5. The summed E-state index contributed by atoms with van der Waals surface area (Å²) in [5, 5.41) is 0. The van der Waals surface area contributed by atoms with E-state index in [0.717, 1.165) is 78.0 Å². The van der Waals surface area contributed by atoms with Gasteiger partial charge in [0.1, 0.15) is 0 Å². The molecule has 21 heavy (non-hydrogen) atoms. The molecule has 0 aromatic carbocycles. The van der Waals surface area contributed by atoms with Crippen LogP contribution >= 0.6 is 0 Å². The normalized spacial score (nSPS) is 40.3. The molecule has 0 aromatic heterocycles. The van der Waals surface area contributed by atoms with Gasteiger partial charge in [0.05, 0.1) is 37.6 Å². The molecule has 0 amide bonds. The van der Waals surface area contributed by atoms with Crippen LogP contribution in [0.15, 0.2) is 0 Å². The predicted octanol–water partition coefficient (Wildman–Crippen LogP) is 2.03. The highest BCUT2D eigenvalue weighted by Crippen LogP contribution is 2.39. The third kappa shape index (κ3) is 2.99. The zero-order valence-electron chi connectivity index (χ0n) is 12.7. The van der Waals surface area contributed by atoms with Crippen LogP contribution in [0, 0.1) is 0 Å². The lowest BCUT2D eigenvalue weighted by Crippen LogP contribution is -2.45. The zero-order valence-corrected chi connectivity index (χ0v) is 12.7. The van der Waals surface area contributed by atoms with Gasteiger partial charge in [-0.2, -0.15) is 0 Å². The molecule has 3 aliphatic heterocycles. The van der Waals surface area contributed by atoms with Crippen LogP contribution in [0.4, 0.5) is 0 Å². The molecule has 4 aliphatic rings. The van der Waals surface area contributed by atoms with Crippen LogP contribution in [0.2, 0.25) is 0 Å². The van der Waals surface area contributed by atoms with Crippen molar-refractivity contribution in [2.75, 3.05) is 33.0 Å². The molecule has 5 heteroatoms. The third-order valence-corrected chi connectivity index (χ3v) is 5.41. The lowest BCUT2D eigenvalue weighted by molar-refractivity contribution is -0.204. The van der Waals surface area contributed by atoms with Crippen LogP contribution in [-0.4, -0.2) is 56.6 Å². The van der Waals surface area contributed by atoms with E-state index >= 15 is 0 Å². The van der Waals surface area contributed by atoms with Crippen LogP contribution in [-0.2, 0) is 23.7 Å². The Labute approximate surface area is 126 Å². The minimum absolute atomic E-state index is 0.0590. The molecule has 0 bridgehead atoms. The van der Waals surface area contributed by atoms with Gasteiger partial charge in [0.15, 0.2) is 5.79 Å². The standard InChI is InChI=1S/C16H26O5/c1-4-16(19-9-10-20-16)5-2-13(1)21-14-3-7-18-15(11-14)6-8-17-12-15/h13-14H,1-12H2. The number of hydrogen-bond donors (Lipinski definition) is 0. The van der Waals surface area contributed by atoms with Crippen molar-refractivity contribution >= 4 is 0 Å².